The molecule has 0 saturated carbocycles. The summed E-state index contributed by atoms with van der Waals surface area (Å²) in [4.78, 5) is 12.9. The van der Waals surface area contributed by atoms with Gasteiger partial charge < -0.3 is 9.13 Å². The lowest BCUT2D eigenvalue weighted by molar-refractivity contribution is 0.103. The van der Waals surface area contributed by atoms with Gasteiger partial charge in [0.25, 0.3) is 0 Å². The Bertz CT molecular complexity index is 1880. The fourth-order valence-electron chi connectivity index (χ4n) is 5.28. The van der Waals surface area contributed by atoms with Crippen molar-refractivity contribution in [3.05, 3.63) is 145 Å². The Morgan fingerprint density at radius 2 is 1.19 bits per heavy atom. The Hall–Kier alpha value is -4.89. The van der Waals surface area contributed by atoms with Crippen molar-refractivity contribution >= 4 is 38.5 Å². The molecule has 0 radical (unpaired) electrons. The van der Waals surface area contributed by atoms with Crippen LogP contribution in [0.2, 0.25) is 0 Å². The van der Waals surface area contributed by atoms with Crippen LogP contribution in [-0.4, -0.2) is 14.9 Å². The highest BCUT2D eigenvalue weighted by Gasteiger charge is 2.17. The van der Waals surface area contributed by atoms with E-state index in [0.29, 0.717) is 11.1 Å². The van der Waals surface area contributed by atoms with E-state index in [4.69, 9.17) is 0 Å². The van der Waals surface area contributed by atoms with Crippen LogP contribution in [0.5, 0.6) is 0 Å². The molecule has 7 rings (SSSR count). The second-order valence-corrected chi connectivity index (χ2v) is 9.01. The fourth-order valence-corrected chi connectivity index (χ4v) is 5.28. The van der Waals surface area contributed by atoms with Crippen molar-refractivity contribution < 1.29 is 4.79 Å². The molecular weight excluding hydrogens is 440 g/mol. The van der Waals surface area contributed by atoms with Crippen molar-refractivity contribution in [2.45, 2.75) is 0 Å². The maximum atomic E-state index is 12.9. The van der Waals surface area contributed by atoms with Crippen molar-refractivity contribution in [1.82, 2.24) is 9.13 Å². The minimum Gasteiger partial charge on any atom is -0.316 e. The molecule has 3 heteroatoms. The maximum Gasteiger partial charge on any atom is 0.193 e. The SMILES string of the molecule is O=C(c1ccccc1)c1ccc(-n2c3ccccc3c3c4c(ccc32)ccn4-c2ccccc2)cc1. The molecule has 0 atom stereocenters. The lowest BCUT2D eigenvalue weighted by atomic mass is 10.0. The average molecular weight is 463 g/mol. The molecule has 5 aromatic carbocycles. The lowest BCUT2D eigenvalue weighted by Gasteiger charge is -2.10. The quantitative estimate of drug-likeness (QED) is 0.244. The van der Waals surface area contributed by atoms with Crippen molar-refractivity contribution in [1.29, 1.82) is 0 Å². The molecular formula is C33H22N2O. The summed E-state index contributed by atoms with van der Waals surface area (Å²) in [7, 11) is 0. The van der Waals surface area contributed by atoms with Gasteiger partial charge in [0.2, 0.25) is 0 Å². The van der Waals surface area contributed by atoms with Crippen molar-refractivity contribution in [3.8, 4) is 11.4 Å². The molecule has 0 amide bonds. The van der Waals surface area contributed by atoms with Gasteiger partial charge in [-0.3, -0.25) is 4.79 Å². The largest absolute Gasteiger partial charge is 0.316 e. The molecule has 3 nitrogen and oxygen atoms in total. The first-order valence-electron chi connectivity index (χ1n) is 12.1. The number of ketones is 1. The Balaban J connectivity index is 1.45. The minimum atomic E-state index is 0.0340. The number of carbonyl (C=O) groups is 1. The van der Waals surface area contributed by atoms with Gasteiger partial charge in [-0.05, 0) is 54.6 Å². The number of fused-ring (bicyclic) bond motifs is 5. The van der Waals surface area contributed by atoms with Crippen LogP contribution in [0, 0.1) is 0 Å². The minimum absolute atomic E-state index is 0.0340. The monoisotopic (exact) mass is 462 g/mol. The predicted molar refractivity (Wildman–Crippen MR) is 147 cm³/mol. The van der Waals surface area contributed by atoms with Crippen molar-refractivity contribution in [3.63, 3.8) is 0 Å². The zero-order valence-electron chi connectivity index (χ0n) is 19.5. The van der Waals surface area contributed by atoms with E-state index in [2.05, 4.69) is 82.1 Å². The smallest absolute Gasteiger partial charge is 0.193 e. The number of aromatic nitrogens is 2. The van der Waals surface area contributed by atoms with E-state index in [1.54, 1.807) is 0 Å². The predicted octanol–water partition coefficient (Wildman–Crippen LogP) is 7.96. The molecule has 170 valence electrons. The molecule has 0 aliphatic heterocycles. The zero-order valence-corrected chi connectivity index (χ0v) is 19.5. The van der Waals surface area contributed by atoms with Crippen LogP contribution in [0.1, 0.15) is 15.9 Å². The first-order chi connectivity index (χ1) is 17.8. The standard InChI is InChI=1S/C33H22N2O/c36-33(24-9-3-1-4-10-24)25-15-18-27(19-16-25)35-29-14-8-7-13-28(29)31-30(35)20-17-23-21-22-34(32(23)31)26-11-5-2-6-12-26/h1-22H. The number of hydrogen-bond acceptors (Lipinski definition) is 1. The summed E-state index contributed by atoms with van der Waals surface area (Å²) in [6, 6.07) is 43.0. The highest BCUT2D eigenvalue weighted by atomic mass is 16.1. The third kappa shape index (κ3) is 3.10. The molecule has 0 bridgehead atoms. The molecule has 0 saturated heterocycles. The van der Waals surface area contributed by atoms with Gasteiger partial charge >= 0.3 is 0 Å². The number of benzene rings is 5. The van der Waals surface area contributed by atoms with Gasteiger partial charge in [0.15, 0.2) is 5.78 Å². The summed E-state index contributed by atoms with van der Waals surface area (Å²) in [5, 5.41) is 3.64. The van der Waals surface area contributed by atoms with Crippen LogP contribution in [0.25, 0.3) is 44.1 Å². The van der Waals surface area contributed by atoms with Gasteiger partial charge in [-0.1, -0.05) is 72.8 Å². The molecule has 0 aliphatic rings. The summed E-state index contributed by atoms with van der Waals surface area (Å²) in [6.07, 6.45) is 2.15. The van der Waals surface area contributed by atoms with Crippen LogP contribution in [0.3, 0.4) is 0 Å². The molecule has 0 N–H and O–H groups in total. The Morgan fingerprint density at radius 3 is 1.97 bits per heavy atom. The maximum absolute atomic E-state index is 12.9. The van der Waals surface area contributed by atoms with Gasteiger partial charge in [0.05, 0.1) is 16.6 Å². The van der Waals surface area contributed by atoms with Crippen LogP contribution in [0.15, 0.2) is 134 Å². The second kappa shape index (κ2) is 8.10. The zero-order chi connectivity index (χ0) is 24.1. The normalized spacial score (nSPS) is 11.4. The summed E-state index contributed by atoms with van der Waals surface area (Å²) in [6.45, 7) is 0. The molecule has 0 unspecified atom stereocenters. The summed E-state index contributed by atoms with van der Waals surface area (Å²) < 4.78 is 4.57. The van der Waals surface area contributed by atoms with E-state index in [1.807, 2.05) is 60.7 Å². The topological polar surface area (TPSA) is 26.9 Å². The van der Waals surface area contributed by atoms with E-state index in [1.165, 1.54) is 21.7 Å². The van der Waals surface area contributed by atoms with Crippen LogP contribution >= 0.6 is 0 Å². The number of hydrogen-bond donors (Lipinski definition) is 0. The van der Waals surface area contributed by atoms with Gasteiger partial charge in [-0.2, -0.15) is 0 Å². The Morgan fingerprint density at radius 1 is 0.528 bits per heavy atom. The second-order valence-electron chi connectivity index (χ2n) is 9.01. The summed E-state index contributed by atoms with van der Waals surface area (Å²) in [5.74, 6) is 0.0340. The van der Waals surface area contributed by atoms with Crippen LogP contribution in [-0.2, 0) is 0 Å². The first-order valence-corrected chi connectivity index (χ1v) is 12.1. The summed E-state index contributed by atoms with van der Waals surface area (Å²) in [5.41, 5.74) is 7.04. The van der Waals surface area contributed by atoms with E-state index >= 15 is 0 Å². The molecule has 0 spiro atoms. The number of carbonyl (C=O) groups excluding carboxylic acids is 1. The summed E-state index contributed by atoms with van der Waals surface area (Å²) >= 11 is 0. The Kier molecular flexibility index (Phi) is 4.61. The van der Waals surface area contributed by atoms with Crippen LogP contribution < -0.4 is 0 Å². The number of nitrogens with zero attached hydrogens (tertiary/aromatic N) is 2. The average Bonchev–Trinajstić information content (AvgIpc) is 3.53. The van der Waals surface area contributed by atoms with E-state index < -0.39 is 0 Å². The van der Waals surface area contributed by atoms with Gasteiger partial charge in [-0.25, -0.2) is 0 Å². The molecule has 0 aliphatic carbocycles. The molecule has 2 aromatic heterocycles. The fraction of sp³-hybridized carbons (Fsp3) is 0. The first kappa shape index (κ1) is 20.5. The van der Waals surface area contributed by atoms with Gasteiger partial charge in [0.1, 0.15) is 0 Å². The van der Waals surface area contributed by atoms with Crippen molar-refractivity contribution in [2.75, 3.05) is 0 Å². The molecule has 36 heavy (non-hydrogen) atoms. The van der Waals surface area contributed by atoms with E-state index in [9.17, 15) is 4.79 Å². The highest BCUT2D eigenvalue weighted by molar-refractivity contribution is 6.20. The number of para-hydroxylation sites is 2. The molecule has 0 fully saturated rings. The Labute approximate surface area is 208 Å². The van der Waals surface area contributed by atoms with E-state index in [-0.39, 0.29) is 5.78 Å². The van der Waals surface area contributed by atoms with Gasteiger partial charge in [0, 0.05) is 44.9 Å². The third-order valence-corrected chi connectivity index (χ3v) is 6.94. The number of rotatable bonds is 4. The molecule has 2 heterocycles. The van der Waals surface area contributed by atoms with Gasteiger partial charge in [-0.15, -0.1) is 0 Å². The van der Waals surface area contributed by atoms with Crippen molar-refractivity contribution in [2.24, 2.45) is 0 Å². The highest BCUT2D eigenvalue weighted by Crippen LogP contribution is 2.38. The molecule has 7 aromatic rings. The lowest BCUT2D eigenvalue weighted by Crippen LogP contribution is -2.01. The van der Waals surface area contributed by atoms with Crippen LogP contribution in [0.4, 0.5) is 0 Å². The van der Waals surface area contributed by atoms with E-state index in [0.717, 1.165) is 22.4 Å². The third-order valence-electron chi connectivity index (χ3n) is 6.94.